The molecule has 1 fully saturated rings. The van der Waals surface area contributed by atoms with Crippen LogP contribution in [0.25, 0.3) is 0 Å². The molecule has 2 aliphatic rings. The molecule has 4 nitrogen and oxygen atoms in total. The van der Waals surface area contributed by atoms with Crippen LogP contribution in [0.2, 0.25) is 0 Å². The minimum atomic E-state index is 0.257. The number of morpholine rings is 1. The second kappa shape index (κ2) is 5.72. The zero-order valence-corrected chi connectivity index (χ0v) is 11.4. The average molecular weight is 259 g/mol. The largest absolute Gasteiger partial charge is 0.379 e. The molecule has 0 aromatic heterocycles. The molecule has 1 atom stereocenters. The predicted octanol–water partition coefficient (Wildman–Crippen LogP) is 1.37. The molecule has 19 heavy (non-hydrogen) atoms. The molecule has 0 aliphatic carbocycles. The Morgan fingerprint density at radius 3 is 2.74 bits per heavy atom. The maximum absolute atomic E-state index is 5.48. The molecule has 0 radical (unpaired) electrons. The van der Waals surface area contributed by atoms with Crippen molar-refractivity contribution in [2.45, 2.75) is 13.0 Å². The topological polar surface area (TPSA) is 36.9 Å². The van der Waals surface area contributed by atoms with Crippen LogP contribution in [0, 0.1) is 6.92 Å². The van der Waals surface area contributed by atoms with E-state index >= 15 is 0 Å². The number of hydrogen-bond donors (Lipinski definition) is 1. The highest BCUT2D eigenvalue weighted by atomic mass is 16.5. The molecule has 1 unspecified atom stereocenters. The summed E-state index contributed by atoms with van der Waals surface area (Å²) in [6.45, 7) is 7.60. The van der Waals surface area contributed by atoms with Gasteiger partial charge in [0.1, 0.15) is 5.84 Å². The zero-order valence-electron chi connectivity index (χ0n) is 11.4. The second-order valence-corrected chi connectivity index (χ2v) is 5.10. The Hall–Kier alpha value is -1.39. The van der Waals surface area contributed by atoms with Crippen molar-refractivity contribution < 1.29 is 4.74 Å². The number of ether oxygens (including phenoxy) is 1. The fourth-order valence-corrected chi connectivity index (χ4v) is 2.85. The molecule has 0 amide bonds. The van der Waals surface area contributed by atoms with E-state index in [1.165, 1.54) is 11.1 Å². The molecule has 0 bridgehead atoms. The molecule has 1 N–H and O–H groups in total. The third-order valence-corrected chi connectivity index (χ3v) is 3.85. The fraction of sp³-hybridized carbons (Fsp3) is 0.533. The molecular weight excluding hydrogens is 238 g/mol. The molecule has 1 saturated heterocycles. The van der Waals surface area contributed by atoms with E-state index in [0.29, 0.717) is 0 Å². The zero-order chi connectivity index (χ0) is 13.1. The number of aliphatic imine (C=N–C) groups is 1. The van der Waals surface area contributed by atoms with E-state index in [1.54, 1.807) is 0 Å². The van der Waals surface area contributed by atoms with Crippen LogP contribution in [0.3, 0.4) is 0 Å². The molecular formula is C15H21N3O. The lowest BCUT2D eigenvalue weighted by atomic mass is 9.98. The summed E-state index contributed by atoms with van der Waals surface area (Å²) in [5.74, 6) is 1.12. The van der Waals surface area contributed by atoms with Gasteiger partial charge in [0.15, 0.2) is 0 Å². The van der Waals surface area contributed by atoms with Gasteiger partial charge in [-0.1, -0.05) is 24.3 Å². The number of hydrogen-bond acceptors (Lipinski definition) is 4. The van der Waals surface area contributed by atoms with Gasteiger partial charge in [0.2, 0.25) is 0 Å². The molecule has 3 rings (SSSR count). The van der Waals surface area contributed by atoms with Gasteiger partial charge in [-0.25, -0.2) is 0 Å². The standard InChI is InChI=1S/C15H21N3O/c1-12-4-2-3-5-13(12)14(15-16-6-7-17-15)18-8-10-19-11-9-18/h2-5,14H,6-11H2,1H3,(H,16,17). The van der Waals surface area contributed by atoms with E-state index < -0.39 is 0 Å². The normalized spacial score (nSPS) is 21.8. The minimum Gasteiger partial charge on any atom is -0.379 e. The van der Waals surface area contributed by atoms with Crippen LogP contribution in [0.5, 0.6) is 0 Å². The lowest BCUT2D eigenvalue weighted by molar-refractivity contribution is 0.0282. The number of rotatable bonds is 3. The maximum Gasteiger partial charge on any atom is 0.119 e. The Balaban J connectivity index is 1.93. The number of aryl methyl sites for hydroxylation is 1. The minimum absolute atomic E-state index is 0.257. The van der Waals surface area contributed by atoms with Crippen molar-refractivity contribution >= 4 is 5.84 Å². The van der Waals surface area contributed by atoms with Gasteiger partial charge in [0, 0.05) is 19.6 Å². The monoisotopic (exact) mass is 259 g/mol. The van der Waals surface area contributed by atoms with Gasteiger partial charge >= 0.3 is 0 Å². The van der Waals surface area contributed by atoms with E-state index in [2.05, 4.69) is 46.4 Å². The highest BCUT2D eigenvalue weighted by molar-refractivity contribution is 5.90. The first-order chi connectivity index (χ1) is 9.36. The Morgan fingerprint density at radius 2 is 2.05 bits per heavy atom. The third kappa shape index (κ3) is 2.65. The highest BCUT2D eigenvalue weighted by Gasteiger charge is 2.29. The van der Waals surface area contributed by atoms with Crippen LogP contribution in [-0.4, -0.2) is 50.1 Å². The van der Waals surface area contributed by atoms with Crippen molar-refractivity contribution in [1.29, 1.82) is 0 Å². The van der Waals surface area contributed by atoms with Crippen LogP contribution in [0.1, 0.15) is 17.2 Å². The SMILES string of the molecule is Cc1ccccc1C(C1=NCCN1)N1CCOCC1. The van der Waals surface area contributed by atoms with E-state index in [-0.39, 0.29) is 6.04 Å². The van der Waals surface area contributed by atoms with Gasteiger partial charge in [0.05, 0.1) is 25.8 Å². The third-order valence-electron chi connectivity index (χ3n) is 3.85. The second-order valence-electron chi connectivity index (χ2n) is 5.10. The van der Waals surface area contributed by atoms with Crippen LogP contribution in [0.4, 0.5) is 0 Å². The van der Waals surface area contributed by atoms with Crippen molar-refractivity contribution in [3.05, 3.63) is 35.4 Å². The van der Waals surface area contributed by atoms with Crippen LogP contribution < -0.4 is 5.32 Å². The van der Waals surface area contributed by atoms with Crippen molar-refractivity contribution in [2.24, 2.45) is 4.99 Å². The van der Waals surface area contributed by atoms with Gasteiger partial charge in [0.25, 0.3) is 0 Å². The van der Waals surface area contributed by atoms with Crippen molar-refractivity contribution in [2.75, 3.05) is 39.4 Å². The summed E-state index contributed by atoms with van der Waals surface area (Å²) < 4.78 is 5.48. The van der Waals surface area contributed by atoms with Crippen molar-refractivity contribution in [3.8, 4) is 0 Å². The summed E-state index contributed by atoms with van der Waals surface area (Å²) in [4.78, 5) is 7.13. The first-order valence-corrected chi connectivity index (χ1v) is 7.02. The summed E-state index contributed by atoms with van der Waals surface area (Å²) >= 11 is 0. The molecule has 2 aliphatic heterocycles. The first kappa shape index (κ1) is 12.6. The molecule has 1 aromatic rings. The number of nitrogens with zero attached hydrogens (tertiary/aromatic N) is 2. The van der Waals surface area contributed by atoms with Crippen molar-refractivity contribution in [1.82, 2.24) is 10.2 Å². The van der Waals surface area contributed by atoms with E-state index in [4.69, 9.17) is 4.74 Å². The van der Waals surface area contributed by atoms with Crippen molar-refractivity contribution in [3.63, 3.8) is 0 Å². The summed E-state index contributed by atoms with van der Waals surface area (Å²) in [6.07, 6.45) is 0. The predicted molar refractivity (Wildman–Crippen MR) is 76.6 cm³/mol. The Labute approximate surface area is 114 Å². The van der Waals surface area contributed by atoms with E-state index in [1.807, 2.05) is 0 Å². The number of benzene rings is 1. The first-order valence-electron chi connectivity index (χ1n) is 7.02. The number of nitrogens with one attached hydrogen (secondary N) is 1. The quantitative estimate of drug-likeness (QED) is 0.891. The molecule has 4 heteroatoms. The Bertz CT molecular complexity index is 466. The highest BCUT2D eigenvalue weighted by Crippen LogP contribution is 2.26. The van der Waals surface area contributed by atoms with E-state index in [0.717, 1.165) is 45.2 Å². The van der Waals surface area contributed by atoms with Crippen LogP contribution in [0.15, 0.2) is 29.3 Å². The Morgan fingerprint density at radius 1 is 1.26 bits per heavy atom. The molecule has 102 valence electrons. The summed E-state index contributed by atoms with van der Waals surface area (Å²) in [7, 11) is 0. The summed E-state index contributed by atoms with van der Waals surface area (Å²) in [5.41, 5.74) is 2.69. The van der Waals surface area contributed by atoms with Gasteiger partial charge < -0.3 is 10.1 Å². The average Bonchev–Trinajstić information content (AvgIpc) is 2.96. The van der Waals surface area contributed by atoms with Gasteiger partial charge in [-0.3, -0.25) is 9.89 Å². The lowest BCUT2D eigenvalue weighted by Gasteiger charge is -2.35. The molecule has 0 spiro atoms. The van der Waals surface area contributed by atoms with Gasteiger partial charge in [-0.05, 0) is 18.1 Å². The summed E-state index contributed by atoms with van der Waals surface area (Å²) in [6, 6.07) is 8.87. The van der Waals surface area contributed by atoms with Crippen LogP contribution in [-0.2, 0) is 4.74 Å². The van der Waals surface area contributed by atoms with Crippen LogP contribution >= 0.6 is 0 Å². The fourth-order valence-electron chi connectivity index (χ4n) is 2.85. The van der Waals surface area contributed by atoms with Gasteiger partial charge in [-0.15, -0.1) is 0 Å². The molecule has 2 heterocycles. The van der Waals surface area contributed by atoms with E-state index in [9.17, 15) is 0 Å². The number of amidine groups is 1. The Kier molecular flexibility index (Phi) is 3.80. The maximum atomic E-state index is 5.48. The lowest BCUT2D eigenvalue weighted by Crippen LogP contribution is -2.45. The molecule has 0 saturated carbocycles. The smallest absolute Gasteiger partial charge is 0.119 e. The molecule has 1 aromatic carbocycles. The van der Waals surface area contributed by atoms with Gasteiger partial charge in [-0.2, -0.15) is 0 Å². The summed E-state index contributed by atoms with van der Waals surface area (Å²) in [5, 5.41) is 3.45.